The smallest absolute Gasteiger partial charge is 0.416 e. The number of halogens is 3. The maximum absolute atomic E-state index is 12.8. The van der Waals surface area contributed by atoms with Crippen molar-refractivity contribution in [3.8, 4) is 5.75 Å². The summed E-state index contributed by atoms with van der Waals surface area (Å²) in [5, 5.41) is 0. The van der Waals surface area contributed by atoms with Crippen molar-refractivity contribution in [1.29, 1.82) is 0 Å². The molecule has 1 fully saturated rings. The van der Waals surface area contributed by atoms with Gasteiger partial charge in [-0.3, -0.25) is 4.79 Å². The summed E-state index contributed by atoms with van der Waals surface area (Å²) in [5.41, 5.74) is 0.622. The average molecular weight is 376 g/mol. The molecule has 0 spiro atoms. The van der Waals surface area contributed by atoms with Crippen LogP contribution in [0.2, 0.25) is 0 Å². The predicted molar refractivity (Wildman–Crippen MR) is 96.5 cm³/mol. The van der Waals surface area contributed by atoms with Crippen molar-refractivity contribution in [1.82, 2.24) is 4.90 Å². The molecule has 0 aliphatic carbocycles. The van der Waals surface area contributed by atoms with Crippen LogP contribution in [-0.4, -0.2) is 30.0 Å². The van der Waals surface area contributed by atoms with E-state index in [1.807, 2.05) is 13.8 Å². The molecule has 1 saturated heterocycles. The second-order valence-electron chi connectivity index (χ2n) is 6.85. The molecule has 2 aromatic carbocycles. The first-order valence-electron chi connectivity index (χ1n) is 8.82. The molecular formula is C21H21F3NO2. The van der Waals surface area contributed by atoms with E-state index in [1.54, 1.807) is 29.2 Å². The van der Waals surface area contributed by atoms with Gasteiger partial charge in [0.1, 0.15) is 5.75 Å². The van der Waals surface area contributed by atoms with E-state index < -0.39 is 11.7 Å². The summed E-state index contributed by atoms with van der Waals surface area (Å²) < 4.78 is 43.7. The lowest BCUT2D eigenvalue weighted by Gasteiger charge is -2.18. The van der Waals surface area contributed by atoms with Gasteiger partial charge in [-0.2, -0.15) is 13.2 Å². The highest BCUT2D eigenvalue weighted by Gasteiger charge is 2.32. The average Bonchev–Trinajstić information content (AvgIpc) is 3.10. The van der Waals surface area contributed by atoms with Crippen molar-refractivity contribution in [3.05, 3.63) is 71.1 Å². The number of ether oxygens (including phenoxy) is 1. The van der Waals surface area contributed by atoms with Gasteiger partial charge >= 0.3 is 6.18 Å². The number of likely N-dealkylation sites (tertiary alicyclic amines) is 1. The van der Waals surface area contributed by atoms with Crippen LogP contribution in [0, 0.1) is 5.92 Å². The number of benzene rings is 2. The fourth-order valence-corrected chi connectivity index (χ4v) is 3.12. The summed E-state index contributed by atoms with van der Waals surface area (Å²) in [4.78, 5) is 14.5. The molecule has 0 bridgehead atoms. The molecule has 3 rings (SSSR count). The van der Waals surface area contributed by atoms with Gasteiger partial charge in [-0.15, -0.1) is 0 Å². The van der Waals surface area contributed by atoms with Gasteiger partial charge in [0.05, 0.1) is 11.7 Å². The van der Waals surface area contributed by atoms with E-state index in [9.17, 15) is 18.0 Å². The first-order valence-corrected chi connectivity index (χ1v) is 8.82. The highest BCUT2D eigenvalue weighted by atomic mass is 19.4. The van der Waals surface area contributed by atoms with Crippen molar-refractivity contribution in [2.24, 2.45) is 0 Å². The Balaban J connectivity index is 1.68. The van der Waals surface area contributed by atoms with Gasteiger partial charge in [0.2, 0.25) is 0 Å². The summed E-state index contributed by atoms with van der Waals surface area (Å²) in [6.07, 6.45) is -3.68. The van der Waals surface area contributed by atoms with E-state index >= 15 is 0 Å². The number of nitrogens with zero attached hydrogens (tertiary/aromatic N) is 1. The standard InChI is InChI=1S/C21H21F3NO2/c1-14(2)27-19-5-3-4-16(12-19)20(26)25-11-10-17(13-25)15-6-8-18(9-7-15)21(22,23)24/h3-9,12,14H,10-11,13H2,1-2H3. The Bertz CT molecular complexity index is 800. The van der Waals surface area contributed by atoms with Gasteiger partial charge in [-0.25, -0.2) is 0 Å². The molecule has 0 aromatic heterocycles. The molecule has 27 heavy (non-hydrogen) atoms. The molecular weight excluding hydrogens is 355 g/mol. The zero-order valence-electron chi connectivity index (χ0n) is 15.2. The Morgan fingerprint density at radius 2 is 1.81 bits per heavy atom. The molecule has 1 aliphatic rings. The minimum Gasteiger partial charge on any atom is -0.491 e. The maximum Gasteiger partial charge on any atom is 0.416 e. The van der Waals surface area contributed by atoms with E-state index in [2.05, 4.69) is 0 Å². The number of rotatable bonds is 4. The molecule has 0 unspecified atom stereocenters. The van der Waals surface area contributed by atoms with Gasteiger partial charge in [0.15, 0.2) is 0 Å². The van der Waals surface area contributed by atoms with Crippen molar-refractivity contribution in [3.63, 3.8) is 0 Å². The molecule has 0 saturated carbocycles. The number of hydrogen-bond acceptors (Lipinski definition) is 2. The van der Waals surface area contributed by atoms with Crippen LogP contribution in [0.1, 0.15) is 41.8 Å². The molecule has 1 amide bonds. The fraction of sp³-hybridized carbons (Fsp3) is 0.333. The van der Waals surface area contributed by atoms with Gasteiger partial charge in [0, 0.05) is 24.6 Å². The summed E-state index contributed by atoms with van der Waals surface area (Å²) in [5.74, 6) is 1.50. The Kier molecular flexibility index (Phi) is 5.44. The summed E-state index contributed by atoms with van der Waals surface area (Å²) in [7, 11) is 0. The normalized spacial score (nSPS) is 15.4. The second-order valence-corrected chi connectivity index (χ2v) is 6.85. The van der Waals surface area contributed by atoms with E-state index in [0.29, 0.717) is 30.8 Å². The van der Waals surface area contributed by atoms with Crippen LogP contribution in [0.25, 0.3) is 0 Å². The molecule has 3 nitrogen and oxygen atoms in total. The molecule has 6 heteroatoms. The number of hydrogen-bond donors (Lipinski definition) is 0. The number of amides is 1. The highest BCUT2D eigenvalue weighted by Crippen LogP contribution is 2.32. The van der Waals surface area contributed by atoms with E-state index in [-0.39, 0.29) is 12.0 Å². The fourth-order valence-electron chi connectivity index (χ4n) is 3.12. The van der Waals surface area contributed by atoms with Crippen LogP contribution in [-0.2, 0) is 6.18 Å². The minimum absolute atomic E-state index is 0.0155. The molecule has 2 aromatic rings. The third-order valence-corrected chi connectivity index (χ3v) is 4.43. The lowest BCUT2D eigenvalue weighted by atomic mass is 9.97. The third kappa shape index (κ3) is 4.62. The number of carbonyl (C=O) groups excluding carboxylic acids is 1. The van der Waals surface area contributed by atoms with Crippen LogP contribution in [0.4, 0.5) is 13.2 Å². The number of carbonyl (C=O) groups is 1. The molecule has 1 radical (unpaired) electrons. The molecule has 143 valence electrons. The van der Waals surface area contributed by atoms with Crippen molar-refractivity contribution < 1.29 is 22.7 Å². The van der Waals surface area contributed by atoms with Gasteiger partial charge in [-0.1, -0.05) is 18.2 Å². The molecule has 1 aliphatic heterocycles. The van der Waals surface area contributed by atoms with Crippen molar-refractivity contribution in [2.45, 2.75) is 32.5 Å². The van der Waals surface area contributed by atoms with Crippen LogP contribution < -0.4 is 4.74 Å². The highest BCUT2D eigenvalue weighted by molar-refractivity contribution is 5.95. The van der Waals surface area contributed by atoms with Gasteiger partial charge in [0.25, 0.3) is 5.91 Å². The maximum atomic E-state index is 12.8. The Hall–Kier alpha value is -2.50. The molecule has 0 atom stereocenters. The Morgan fingerprint density at radius 1 is 1.11 bits per heavy atom. The molecule has 0 N–H and O–H groups in total. The quantitative estimate of drug-likeness (QED) is 0.755. The zero-order chi connectivity index (χ0) is 19.6. The second kappa shape index (κ2) is 7.62. The van der Waals surface area contributed by atoms with Gasteiger partial charge in [-0.05, 0) is 56.2 Å². The van der Waals surface area contributed by atoms with E-state index in [1.165, 1.54) is 12.1 Å². The topological polar surface area (TPSA) is 29.5 Å². The van der Waals surface area contributed by atoms with Crippen LogP contribution in [0.15, 0.2) is 48.5 Å². The first-order chi connectivity index (χ1) is 12.7. The Morgan fingerprint density at radius 3 is 2.44 bits per heavy atom. The van der Waals surface area contributed by atoms with E-state index in [4.69, 9.17) is 4.74 Å². The monoisotopic (exact) mass is 376 g/mol. The van der Waals surface area contributed by atoms with Crippen molar-refractivity contribution in [2.75, 3.05) is 13.1 Å². The first kappa shape index (κ1) is 19.3. The van der Waals surface area contributed by atoms with Crippen LogP contribution >= 0.6 is 0 Å². The predicted octanol–water partition coefficient (Wildman–Crippen LogP) is 4.96. The van der Waals surface area contributed by atoms with Crippen LogP contribution in [0.5, 0.6) is 5.75 Å². The summed E-state index contributed by atoms with van der Waals surface area (Å²) >= 11 is 0. The third-order valence-electron chi connectivity index (χ3n) is 4.43. The lowest BCUT2D eigenvalue weighted by molar-refractivity contribution is -0.137. The molecule has 1 heterocycles. The number of alkyl halides is 3. The van der Waals surface area contributed by atoms with E-state index in [0.717, 1.165) is 23.6 Å². The summed E-state index contributed by atoms with van der Waals surface area (Å²) in [6.45, 7) is 4.80. The summed E-state index contributed by atoms with van der Waals surface area (Å²) in [6, 6.07) is 12.2. The minimum atomic E-state index is -4.34. The zero-order valence-corrected chi connectivity index (χ0v) is 15.2. The lowest BCUT2D eigenvalue weighted by Crippen LogP contribution is -2.28. The van der Waals surface area contributed by atoms with Crippen LogP contribution in [0.3, 0.4) is 0 Å². The Labute approximate surface area is 156 Å². The SMILES string of the molecule is CC(C)Oc1cccc(C(=O)N2CC[C](c3ccc(C(F)(F)F)cc3)C2)c1. The van der Waals surface area contributed by atoms with Gasteiger partial charge < -0.3 is 9.64 Å². The largest absolute Gasteiger partial charge is 0.491 e. The van der Waals surface area contributed by atoms with Crippen molar-refractivity contribution >= 4 is 5.91 Å².